The van der Waals surface area contributed by atoms with Crippen molar-refractivity contribution in [1.82, 2.24) is 9.88 Å². The maximum Gasteiger partial charge on any atom is 0.142 e. The van der Waals surface area contributed by atoms with E-state index in [2.05, 4.69) is 21.1 Å². The fraction of sp³-hybridized carbons (Fsp3) is 0.538. The van der Waals surface area contributed by atoms with Crippen molar-refractivity contribution in [2.24, 2.45) is 16.8 Å². The molecule has 1 fully saturated rings. The quantitative estimate of drug-likeness (QED) is 0.366. The van der Waals surface area contributed by atoms with Crippen molar-refractivity contribution >= 4 is 5.84 Å². The molecule has 2 rings (SSSR count). The van der Waals surface area contributed by atoms with E-state index in [1.165, 1.54) is 0 Å². The second-order valence-corrected chi connectivity index (χ2v) is 4.85. The molecule has 1 aliphatic rings. The van der Waals surface area contributed by atoms with Crippen molar-refractivity contribution in [3.63, 3.8) is 0 Å². The standard InChI is InChI=1S/C13H20N4O/c1-10-3-2-4-12(15-10)9-17-7-5-11(6-8-17)13(14)16-18/h2-4,11,18H,5-9H2,1H3,(H2,14,16). The minimum Gasteiger partial charge on any atom is -0.409 e. The molecule has 0 aromatic carbocycles. The number of nitrogens with two attached hydrogens (primary N) is 1. The van der Waals surface area contributed by atoms with E-state index in [-0.39, 0.29) is 5.92 Å². The Labute approximate surface area is 107 Å². The molecule has 1 aromatic heterocycles. The molecule has 3 N–H and O–H groups in total. The van der Waals surface area contributed by atoms with Crippen LogP contribution in [0.5, 0.6) is 0 Å². The fourth-order valence-corrected chi connectivity index (χ4v) is 2.39. The highest BCUT2D eigenvalue weighted by Gasteiger charge is 2.22. The van der Waals surface area contributed by atoms with Gasteiger partial charge in [-0.2, -0.15) is 0 Å². The predicted molar refractivity (Wildman–Crippen MR) is 70.4 cm³/mol. The van der Waals surface area contributed by atoms with E-state index in [1.807, 2.05) is 19.1 Å². The average molecular weight is 248 g/mol. The first-order valence-corrected chi connectivity index (χ1v) is 6.31. The van der Waals surface area contributed by atoms with Crippen LogP contribution in [0, 0.1) is 12.8 Å². The first-order chi connectivity index (χ1) is 8.69. The molecule has 0 amide bonds. The number of nitrogens with zero attached hydrogens (tertiary/aromatic N) is 3. The van der Waals surface area contributed by atoms with Gasteiger partial charge in [-0.25, -0.2) is 0 Å². The zero-order valence-electron chi connectivity index (χ0n) is 10.7. The summed E-state index contributed by atoms with van der Waals surface area (Å²) in [6, 6.07) is 6.11. The maximum atomic E-state index is 8.66. The van der Waals surface area contributed by atoms with Gasteiger partial charge in [-0.15, -0.1) is 0 Å². The van der Waals surface area contributed by atoms with E-state index in [0.29, 0.717) is 5.84 Å². The van der Waals surface area contributed by atoms with Crippen LogP contribution in [-0.4, -0.2) is 34.0 Å². The molecule has 98 valence electrons. The monoisotopic (exact) mass is 248 g/mol. The normalized spacial score (nSPS) is 19.1. The Morgan fingerprint density at radius 1 is 1.50 bits per heavy atom. The molecular weight excluding hydrogens is 228 g/mol. The number of amidine groups is 1. The summed E-state index contributed by atoms with van der Waals surface area (Å²) in [5.41, 5.74) is 7.80. The third-order valence-electron chi connectivity index (χ3n) is 3.45. The van der Waals surface area contributed by atoms with Gasteiger partial charge >= 0.3 is 0 Å². The molecule has 1 aliphatic heterocycles. The topological polar surface area (TPSA) is 74.7 Å². The van der Waals surface area contributed by atoms with E-state index in [4.69, 9.17) is 10.9 Å². The van der Waals surface area contributed by atoms with Gasteiger partial charge in [0.15, 0.2) is 0 Å². The van der Waals surface area contributed by atoms with Gasteiger partial charge in [0.1, 0.15) is 5.84 Å². The van der Waals surface area contributed by atoms with Crippen molar-refractivity contribution in [3.8, 4) is 0 Å². The van der Waals surface area contributed by atoms with Gasteiger partial charge in [-0.05, 0) is 45.0 Å². The van der Waals surface area contributed by atoms with Crippen LogP contribution in [0.4, 0.5) is 0 Å². The summed E-state index contributed by atoms with van der Waals surface area (Å²) in [5, 5.41) is 11.8. The summed E-state index contributed by atoms with van der Waals surface area (Å²) < 4.78 is 0. The van der Waals surface area contributed by atoms with Gasteiger partial charge in [0.2, 0.25) is 0 Å². The van der Waals surface area contributed by atoms with Crippen molar-refractivity contribution in [3.05, 3.63) is 29.6 Å². The Morgan fingerprint density at radius 2 is 2.22 bits per heavy atom. The van der Waals surface area contributed by atoms with Crippen LogP contribution in [0.15, 0.2) is 23.4 Å². The minimum absolute atomic E-state index is 0.219. The molecule has 0 saturated carbocycles. The number of aromatic nitrogens is 1. The van der Waals surface area contributed by atoms with Gasteiger partial charge in [0.25, 0.3) is 0 Å². The molecule has 1 saturated heterocycles. The zero-order valence-corrected chi connectivity index (χ0v) is 10.7. The van der Waals surface area contributed by atoms with Crippen LogP contribution >= 0.6 is 0 Å². The second kappa shape index (κ2) is 5.82. The Kier molecular flexibility index (Phi) is 4.15. The highest BCUT2D eigenvalue weighted by Crippen LogP contribution is 2.18. The summed E-state index contributed by atoms with van der Waals surface area (Å²) in [6.45, 7) is 4.83. The van der Waals surface area contributed by atoms with E-state index >= 15 is 0 Å². The van der Waals surface area contributed by atoms with Crippen molar-refractivity contribution in [1.29, 1.82) is 0 Å². The summed E-state index contributed by atoms with van der Waals surface area (Å²) in [7, 11) is 0. The Morgan fingerprint density at radius 3 is 2.83 bits per heavy atom. The van der Waals surface area contributed by atoms with Gasteiger partial charge in [-0.3, -0.25) is 9.88 Å². The van der Waals surface area contributed by atoms with E-state index in [9.17, 15) is 0 Å². The molecule has 0 atom stereocenters. The minimum atomic E-state index is 0.219. The number of hydrogen-bond acceptors (Lipinski definition) is 4. The van der Waals surface area contributed by atoms with Gasteiger partial charge in [-0.1, -0.05) is 11.2 Å². The maximum absolute atomic E-state index is 8.66. The molecule has 0 bridgehead atoms. The third kappa shape index (κ3) is 3.20. The smallest absolute Gasteiger partial charge is 0.142 e. The number of aryl methyl sites for hydroxylation is 1. The number of piperidine rings is 1. The zero-order chi connectivity index (χ0) is 13.0. The first-order valence-electron chi connectivity index (χ1n) is 6.31. The molecule has 0 radical (unpaired) electrons. The highest BCUT2D eigenvalue weighted by atomic mass is 16.4. The SMILES string of the molecule is Cc1cccc(CN2CCC(C(N)=NO)CC2)n1. The largest absolute Gasteiger partial charge is 0.409 e. The Bertz CT molecular complexity index is 425. The average Bonchev–Trinajstić information content (AvgIpc) is 2.39. The second-order valence-electron chi connectivity index (χ2n) is 4.85. The van der Waals surface area contributed by atoms with Crippen LogP contribution in [0.25, 0.3) is 0 Å². The summed E-state index contributed by atoms with van der Waals surface area (Å²) >= 11 is 0. The summed E-state index contributed by atoms with van der Waals surface area (Å²) in [4.78, 5) is 6.87. The lowest BCUT2D eigenvalue weighted by atomic mass is 9.96. The van der Waals surface area contributed by atoms with Crippen LogP contribution in [0.2, 0.25) is 0 Å². The number of rotatable bonds is 3. The van der Waals surface area contributed by atoms with E-state index < -0.39 is 0 Å². The molecule has 18 heavy (non-hydrogen) atoms. The molecule has 5 nitrogen and oxygen atoms in total. The lowest BCUT2D eigenvalue weighted by molar-refractivity contribution is 0.196. The fourth-order valence-electron chi connectivity index (χ4n) is 2.39. The number of pyridine rings is 1. The number of likely N-dealkylation sites (tertiary alicyclic amines) is 1. The van der Waals surface area contributed by atoms with Crippen LogP contribution < -0.4 is 5.73 Å². The van der Waals surface area contributed by atoms with Crippen LogP contribution in [-0.2, 0) is 6.54 Å². The molecule has 5 heteroatoms. The lowest BCUT2D eigenvalue weighted by Crippen LogP contribution is -2.38. The molecule has 1 aromatic rings. The van der Waals surface area contributed by atoms with Gasteiger partial charge < -0.3 is 10.9 Å². The van der Waals surface area contributed by atoms with Gasteiger partial charge in [0.05, 0.1) is 5.69 Å². The van der Waals surface area contributed by atoms with Gasteiger partial charge in [0, 0.05) is 18.2 Å². The first kappa shape index (κ1) is 12.8. The molecule has 0 unspecified atom stereocenters. The van der Waals surface area contributed by atoms with Crippen molar-refractivity contribution in [2.45, 2.75) is 26.3 Å². The molecule has 2 heterocycles. The molecule has 0 spiro atoms. The predicted octanol–water partition coefficient (Wildman–Crippen LogP) is 1.35. The Balaban J connectivity index is 1.87. The van der Waals surface area contributed by atoms with Crippen molar-refractivity contribution in [2.75, 3.05) is 13.1 Å². The highest BCUT2D eigenvalue weighted by molar-refractivity contribution is 5.82. The third-order valence-corrected chi connectivity index (χ3v) is 3.45. The van der Waals surface area contributed by atoms with Crippen molar-refractivity contribution < 1.29 is 5.21 Å². The van der Waals surface area contributed by atoms with Crippen LogP contribution in [0.1, 0.15) is 24.2 Å². The number of hydrogen-bond donors (Lipinski definition) is 2. The van der Waals surface area contributed by atoms with Crippen LogP contribution in [0.3, 0.4) is 0 Å². The number of oxime groups is 1. The summed E-state index contributed by atoms with van der Waals surface area (Å²) in [5.74, 6) is 0.583. The van der Waals surface area contributed by atoms with E-state index in [1.54, 1.807) is 0 Å². The summed E-state index contributed by atoms with van der Waals surface area (Å²) in [6.07, 6.45) is 1.89. The lowest BCUT2D eigenvalue weighted by Gasteiger charge is -2.30. The van der Waals surface area contributed by atoms with E-state index in [0.717, 1.165) is 43.9 Å². The molecular formula is C13H20N4O. The molecule has 0 aliphatic carbocycles. The Hall–Kier alpha value is -1.62.